The molecule has 3 nitrogen and oxygen atoms in total. The maximum Gasteiger partial charge on any atom is 0.238 e. The van der Waals surface area contributed by atoms with Gasteiger partial charge in [-0.25, -0.2) is 0 Å². The lowest BCUT2D eigenvalue weighted by Crippen LogP contribution is -2.27. The number of carbonyl (C=O) groups is 1. The van der Waals surface area contributed by atoms with Gasteiger partial charge in [0.25, 0.3) is 0 Å². The highest BCUT2D eigenvalue weighted by atomic mass is 16.2. The molecule has 0 atom stereocenters. The highest BCUT2D eigenvalue weighted by molar-refractivity contribution is 5.95. The first-order valence-electron chi connectivity index (χ1n) is 5.58. The van der Waals surface area contributed by atoms with Crippen LogP contribution in [0.3, 0.4) is 0 Å². The van der Waals surface area contributed by atoms with Gasteiger partial charge in [-0.2, -0.15) is 0 Å². The molecule has 0 fully saturated rings. The van der Waals surface area contributed by atoms with Crippen LogP contribution in [0.25, 0.3) is 10.8 Å². The second kappa shape index (κ2) is 4.97. The van der Waals surface area contributed by atoms with E-state index in [0.29, 0.717) is 6.54 Å². The molecule has 0 aliphatic rings. The van der Waals surface area contributed by atoms with Gasteiger partial charge in [0.2, 0.25) is 5.91 Å². The monoisotopic (exact) mass is 228 g/mol. The minimum absolute atomic E-state index is 0.00489. The number of carbonyl (C=O) groups excluding carboxylic acids is 1. The van der Waals surface area contributed by atoms with Gasteiger partial charge in [-0.1, -0.05) is 30.3 Å². The predicted octanol–water partition coefficient (Wildman–Crippen LogP) is 2.34. The molecule has 0 aliphatic heterocycles. The smallest absolute Gasteiger partial charge is 0.238 e. The Morgan fingerprint density at radius 2 is 1.82 bits per heavy atom. The number of fused-ring (bicyclic) bond motifs is 1. The molecule has 1 N–H and O–H groups in total. The lowest BCUT2D eigenvalue weighted by molar-refractivity contribution is -0.116. The number of likely N-dealkylation sites (N-methyl/N-ethyl adjacent to an activating group) is 1. The van der Waals surface area contributed by atoms with Crippen LogP contribution in [0.15, 0.2) is 42.5 Å². The molecule has 0 saturated heterocycles. The minimum Gasteiger partial charge on any atom is -0.325 e. The van der Waals surface area contributed by atoms with Crippen molar-refractivity contribution in [3.05, 3.63) is 42.5 Å². The summed E-state index contributed by atoms with van der Waals surface area (Å²) in [5.74, 6) is 0.00489. The van der Waals surface area contributed by atoms with E-state index in [9.17, 15) is 4.79 Å². The normalized spacial score (nSPS) is 10.8. The molecular weight excluding hydrogens is 212 g/mol. The van der Waals surface area contributed by atoms with E-state index in [0.717, 1.165) is 11.1 Å². The molecule has 0 radical (unpaired) electrons. The first-order valence-corrected chi connectivity index (χ1v) is 5.58. The zero-order valence-electron chi connectivity index (χ0n) is 10.1. The van der Waals surface area contributed by atoms with E-state index in [2.05, 4.69) is 11.4 Å². The fraction of sp³-hybridized carbons (Fsp3) is 0.214. The van der Waals surface area contributed by atoms with Crippen LogP contribution in [0.5, 0.6) is 0 Å². The maximum absolute atomic E-state index is 11.6. The van der Waals surface area contributed by atoms with E-state index in [1.807, 2.05) is 55.4 Å². The number of nitrogens with one attached hydrogen (secondary N) is 1. The van der Waals surface area contributed by atoms with Crippen molar-refractivity contribution >= 4 is 22.4 Å². The lowest BCUT2D eigenvalue weighted by atomic mass is 10.1. The average molecular weight is 228 g/mol. The molecule has 1 amide bonds. The van der Waals surface area contributed by atoms with Gasteiger partial charge in [0.15, 0.2) is 0 Å². The summed E-state index contributed by atoms with van der Waals surface area (Å²) in [6.45, 7) is 0.396. The summed E-state index contributed by atoms with van der Waals surface area (Å²) >= 11 is 0. The first-order chi connectivity index (χ1) is 8.15. The third kappa shape index (κ3) is 3.04. The molecule has 0 spiro atoms. The predicted molar refractivity (Wildman–Crippen MR) is 71.1 cm³/mol. The lowest BCUT2D eigenvalue weighted by Gasteiger charge is -2.10. The molecule has 2 aromatic rings. The van der Waals surface area contributed by atoms with Crippen LogP contribution in [0.1, 0.15) is 0 Å². The van der Waals surface area contributed by atoms with E-state index in [1.54, 1.807) is 0 Å². The summed E-state index contributed by atoms with van der Waals surface area (Å²) in [5.41, 5.74) is 0.843. The minimum atomic E-state index is 0.00489. The summed E-state index contributed by atoms with van der Waals surface area (Å²) in [5, 5.41) is 5.20. The quantitative estimate of drug-likeness (QED) is 0.874. The Labute approximate surface area is 101 Å². The second-order valence-electron chi connectivity index (χ2n) is 4.35. The topological polar surface area (TPSA) is 32.3 Å². The number of anilines is 1. The maximum atomic E-state index is 11.6. The van der Waals surface area contributed by atoms with Gasteiger partial charge in [0.05, 0.1) is 6.54 Å². The first kappa shape index (κ1) is 11.6. The van der Waals surface area contributed by atoms with Crippen LogP contribution >= 0.6 is 0 Å². The largest absolute Gasteiger partial charge is 0.325 e. The Balaban J connectivity index is 2.17. The number of hydrogen-bond acceptors (Lipinski definition) is 2. The van der Waals surface area contributed by atoms with E-state index in [1.165, 1.54) is 5.39 Å². The highest BCUT2D eigenvalue weighted by Gasteiger charge is 2.03. The zero-order chi connectivity index (χ0) is 12.3. The van der Waals surface area contributed by atoms with Gasteiger partial charge >= 0.3 is 0 Å². The van der Waals surface area contributed by atoms with E-state index < -0.39 is 0 Å². The van der Waals surface area contributed by atoms with Crippen molar-refractivity contribution in [2.24, 2.45) is 0 Å². The summed E-state index contributed by atoms with van der Waals surface area (Å²) < 4.78 is 0. The summed E-state index contributed by atoms with van der Waals surface area (Å²) in [7, 11) is 3.75. The molecule has 0 unspecified atom stereocenters. The van der Waals surface area contributed by atoms with Crippen molar-refractivity contribution < 1.29 is 4.79 Å². The van der Waals surface area contributed by atoms with Gasteiger partial charge in [-0.15, -0.1) is 0 Å². The molecule has 17 heavy (non-hydrogen) atoms. The molecule has 0 saturated carbocycles. The number of amides is 1. The van der Waals surface area contributed by atoms with Crippen molar-refractivity contribution in [3.8, 4) is 0 Å². The van der Waals surface area contributed by atoms with Crippen LogP contribution in [0.2, 0.25) is 0 Å². The molecule has 0 aromatic heterocycles. The third-order valence-corrected chi connectivity index (χ3v) is 2.49. The van der Waals surface area contributed by atoms with Crippen LogP contribution in [-0.2, 0) is 4.79 Å². The Morgan fingerprint density at radius 3 is 2.53 bits per heavy atom. The molecule has 88 valence electrons. The van der Waals surface area contributed by atoms with Gasteiger partial charge in [-0.3, -0.25) is 4.79 Å². The van der Waals surface area contributed by atoms with Crippen LogP contribution in [0.4, 0.5) is 5.69 Å². The molecule has 3 heteroatoms. The summed E-state index contributed by atoms with van der Waals surface area (Å²) in [6.07, 6.45) is 0. The van der Waals surface area contributed by atoms with E-state index in [-0.39, 0.29) is 5.91 Å². The van der Waals surface area contributed by atoms with Crippen LogP contribution in [0, 0.1) is 0 Å². The summed E-state index contributed by atoms with van der Waals surface area (Å²) in [6, 6.07) is 14.0. The Bertz CT molecular complexity index is 534. The van der Waals surface area contributed by atoms with Crippen molar-refractivity contribution in [2.45, 2.75) is 0 Å². The summed E-state index contributed by atoms with van der Waals surface area (Å²) in [4.78, 5) is 13.4. The van der Waals surface area contributed by atoms with Crippen molar-refractivity contribution in [1.29, 1.82) is 0 Å². The fourth-order valence-electron chi connectivity index (χ4n) is 1.75. The highest BCUT2D eigenvalue weighted by Crippen LogP contribution is 2.18. The van der Waals surface area contributed by atoms with Crippen LogP contribution < -0.4 is 5.32 Å². The van der Waals surface area contributed by atoms with Crippen molar-refractivity contribution in [3.63, 3.8) is 0 Å². The van der Waals surface area contributed by atoms with Gasteiger partial charge in [0, 0.05) is 5.69 Å². The standard InChI is InChI=1S/C14H16N2O/c1-16(2)10-14(17)15-13-8-7-11-5-3-4-6-12(11)9-13/h3-9H,10H2,1-2H3,(H,15,17). The van der Waals surface area contributed by atoms with E-state index >= 15 is 0 Å². The van der Waals surface area contributed by atoms with Crippen molar-refractivity contribution in [1.82, 2.24) is 4.90 Å². The number of benzene rings is 2. The number of rotatable bonds is 3. The Morgan fingerprint density at radius 1 is 1.12 bits per heavy atom. The van der Waals surface area contributed by atoms with Gasteiger partial charge < -0.3 is 10.2 Å². The van der Waals surface area contributed by atoms with Crippen LogP contribution in [-0.4, -0.2) is 31.4 Å². The van der Waals surface area contributed by atoms with Gasteiger partial charge in [0.1, 0.15) is 0 Å². The molecule has 2 aromatic carbocycles. The Kier molecular flexibility index (Phi) is 3.40. The molecular formula is C14H16N2O. The molecule has 2 rings (SSSR count). The second-order valence-corrected chi connectivity index (χ2v) is 4.35. The SMILES string of the molecule is CN(C)CC(=O)Nc1ccc2ccccc2c1. The molecule has 0 bridgehead atoms. The van der Waals surface area contributed by atoms with Crippen molar-refractivity contribution in [2.75, 3.05) is 26.0 Å². The molecule has 0 aliphatic carbocycles. The Hall–Kier alpha value is -1.87. The number of nitrogens with zero attached hydrogens (tertiary/aromatic N) is 1. The molecule has 0 heterocycles. The average Bonchev–Trinajstić information content (AvgIpc) is 2.27. The fourth-order valence-corrected chi connectivity index (χ4v) is 1.75. The zero-order valence-corrected chi connectivity index (χ0v) is 10.1. The number of hydrogen-bond donors (Lipinski definition) is 1. The van der Waals surface area contributed by atoms with E-state index in [4.69, 9.17) is 0 Å². The van der Waals surface area contributed by atoms with Gasteiger partial charge in [-0.05, 0) is 37.0 Å². The third-order valence-electron chi connectivity index (χ3n) is 2.49.